The highest BCUT2D eigenvalue weighted by atomic mass is 35.5. The molecule has 1 fully saturated rings. The number of esters is 1. The van der Waals surface area contributed by atoms with Crippen molar-refractivity contribution in [3.05, 3.63) is 57.6 Å². The minimum atomic E-state index is -3.84. The maximum atomic E-state index is 13.1. The van der Waals surface area contributed by atoms with Crippen LogP contribution in [0.2, 0.25) is 5.02 Å². The van der Waals surface area contributed by atoms with Crippen LogP contribution in [0.15, 0.2) is 35.2 Å². The van der Waals surface area contributed by atoms with E-state index in [0.29, 0.717) is 18.8 Å². The average molecular weight is 493 g/mol. The Morgan fingerprint density at radius 1 is 1.00 bits per heavy atom. The second kappa shape index (κ2) is 10.7. The van der Waals surface area contributed by atoms with Crippen molar-refractivity contribution in [3.63, 3.8) is 0 Å². The summed E-state index contributed by atoms with van der Waals surface area (Å²) in [5, 5.41) is 2.81. The largest absolute Gasteiger partial charge is 0.452 e. The van der Waals surface area contributed by atoms with Crippen LogP contribution in [-0.2, 0) is 19.6 Å². The minimum Gasteiger partial charge on any atom is -0.452 e. The van der Waals surface area contributed by atoms with E-state index >= 15 is 0 Å². The number of rotatable bonds is 6. The Morgan fingerprint density at radius 2 is 1.61 bits per heavy atom. The molecule has 1 amide bonds. The normalized spacial score (nSPS) is 15.0. The molecule has 0 saturated carbocycles. The Hall–Kier alpha value is -2.42. The number of ether oxygens (including phenoxy) is 1. The van der Waals surface area contributed by atoms with Gasteiger partial charge in [0.15, 0.2) is 6.61 Å². The number of carbonyl (C=O) groups is 2. The van der Waals surface area contributed by atoms with Gasteiger partial charge in [0.25, 0.3) is 5.91 Å². The van der Waals surface area contributed by atoms with Crippen LogP contribution in [0.1, 0.15) is 52.7 Å². The fourth-order valence-corrected chi connectivity index (χ4v) is 6.03. The molecule has 2 aromatic carbocycles. The maximum Gasteiger partial charge on any atom is 0.338 e. The monoisotopic (exact) mass is 492 g/mol. The Bertz CT molecular complexity index is 1130. The molecular weight excluding hydrogens is 464 g/mol. The Kier molecular flexibility index (Phi) is 8.15. The van der Waals surface area contributed by atoms with Crippen molar-refractivity contribution in [2.45, 2.75) is 51.3 Å². The number of hydrogen-bond donors (Lipinski definition) is 1. The highest BCUT2D eigenvalue weighted by Gasteiger charge is 2.28. The molecule has 0 aliphatic carbocycles. The van der Waals surface area contributed by atoms with E-state index in [0.717, 1.165) is 42.4 Å². The summed E-state index contributed by atoms with van der Waals surface area (Å²) in [5.74, 6) is -1.28. The zero-order valence-electron chi connectivity index (χ0n) is 19.1. The summed E-state index contributed by atoms with van der Waals surface area (Å²) in [6, 6.07) is 7.88. The van der Waals surface area contributed by atoms with Gasteiger partial charge >= 0.3 is 5.97 Å². The van der Waals surface area contributed by atoms with Crippen LogP contribution in [0.25, 0.3) is 0 Å². The van der Waals surface area contributed by atoms with Gasteiger partial charge in [-0.1, -0.05) is 42.1 Å². The van der Waals surface area contributed by atoms with Crippen LogP contribution < -0.4 is 5.32 Å². The SMILES string of the molecule is Cc1cc(C)c(NC(=O)COC(=O)c2ccc(Cl)c(S(=O)(=O)N3CCCCCC3)c2)c(C)c1. The van der Waals surface area contributed by atoms with Crippen molar-refractivity contribution in [1.82, 2.24) is 4.31 Å². The number of nitrogens with one attached hydrogen (secondary N) is 1. The second-order valence-electron chi connectivity index (χ2n) is 8.36. The first-order valence-electron chi connectivity index (χ1n) is 10.9. The van der Waals surface area contributed by atoms with Crippen LogP contribution in [0, 0.1) is 20.8 Å². The molecule has 1 aliphatic heterocycles. The average Bonchev–Trinajstić information content (AvgIpc) is 3.05. The van der Waals surface area contributed by atoms with E-state index in [2.05, 4.69) is 5.32 Å². The first-order valence-corrected chi connectivity index (χ1v) is 12.8. The molecule has 0 unspecified atom stereocenters. The number of aryl methyl sites for hydroxylation is 3. The third-order valence-corrected chi connectivity index (χ3v) is 8.01. The molecule has 178 valence electrons. The van der Waals surface area contributed by atoms with Crippen LogP contribution in [0.4, 0.5) is 5.69 Å². The fraction of sp³-hybridized carbons (Fsp3) is 0.417. The van der Waals surface area contributed by atoms with Crippen molar-refractivity contribution < 1.29 is 22.7 Å². The van der Waals surface area contributed by atoms with Gasteiger partial charge in [-0.05, 0) is 62.9 Å². The predicted molar refractivity (Wildman–Crippen MR) is 128 cm³/mol. The zero-order valence-corrected chi connectivity index (χ0v) is 20.7. The summed E-state index contributed by atoms with van der Waals surface area (Å²) < 4.78 is 32.8. The summed E-state index contributed by atoms with van der Waals surface area (Å²) in [6.45, 7) is 6.10. The molecule has 7 nitrogen and oxygen atoms in total. The molecular formula is C24H29ClN2O5S. The summed E-state index contributed by atoms with van der Waals surface area (Å²) in [7, 11) is -3.84. The van der Waals surface area contributed by atoms with Crippen LogP contribution in [-0.4, -0.2) is 44.3 Å². The van der Waals surface area contributed by atoms with E-state index < -0.39 is 28.5 Å². The number of benzene rings is 2. The lowest BCUT2D eigenvalue weighted by Gasteiger charge is -2.21. The quantitative estimate of drug-likeness (QED) is 0.593. The maximum absolute atomic E-state index is 13.1. The molecule has 33 heavy (non-hydrogen) atoms. The molecule has 3 rings (SSSR count). The topological polar surface area (TPSA) is 92.8 Å². The van der Waals surface area contributed by atoms with Crippen LogP contribution in [0.5, 0.6) is 0 Å². The number of halogens is 1. The molecule has 1 saturated heterocycles. The van der Waals surface area contributed by atoms with E-state index in [1.807, 2.05) is 32.9 Å². The lowest BCUT2D eigenvalue weighted by Crippen LogP contribution is -2.32. The lowest BCUT2D eigenvalue weighted by atomic mass is 10.1. The molecule has 0 aromatic heterocycles. The van der Waals surface area contributed by atoms with Crippen molar-refractivity contribution in [2.75, 3.05) is 25.0 Å². The fourth-order valence-electron chi connectivity index (χ4n) is 4.02. The molecule has 9 heteroatoms. The Labute approximate surface area is 200 Å². The van der Waals surface area contributed by atoms with Gasteiger partial charge in [0.2, 0.25) is 10.0 Å². The third kappa shape index (κ3) is 6.13. The highest BCUT2D eigenvalue weighted by molar-refractivity contribution is 7.89. The lowest BCUT2D eigenvalue weighted by molar-refractivity contribution is -0.119. The van der Waals surface area contributed by atoms with Gasteiger partial charge in [-0.25, -0.2) is 13.2 Å². The van der Waals surface area contributed by atoms with E-state index in [4.69, 9.17) is 16.3 Å². The first kappa shape index (κ1) is 25.2. The molecule has 0 bridgehead atoms. The molecule has 1 heterocycles. The van der Waals surface area contributed by atoms with E-state index in [9.17, 15) is 18.0 Å². The highest BCUT2D eigenvalue weighted by Crippen LogP contribution is 2.28. The van der Waals surface area contributed by atoms with Gasteiger partial charge in [0.1, 0.15) is 4.90 Å². The van der Waals surface area contributed by atoms with Gasteiger partial charge in [0.05, 0.1) is 10.6 Å². The van der Waals surface area contributed by atoms with Crippen LogP contribution >= 0.6 is 11.6 Å². The first-order chi connectivity index (χ1) is 15.6. The molecule has 0 atom stereocenters. The van der Waals surface area contributed by atoms with Crippen LogP contribution in [0.3, 0.4) is 0 Å². The van der Waals surface area contributed by atoms with E-state index in [1.54, 1.807) is 0 Å². The van der Waals surface area contributed by atoms with Crippen molar-refractivity contribution in [3.8, 4) is 0 Å². The summed E-state index contributed by atoms with van der Waals surface area (Å²) in [6.07, 6.45) is 3.53. The minimum absolute atomic E-state index is 0.0169. The van der Waals surface area contributed by atoms with E-state index in [1.165, 1.54) is 22.5 Å². The number of nitrogens with zero attached hydrogens (tertiary/aromatic N) is 1. The van der Waals surface area contributed by atoms with Crippen molar-refractivity contribution in [1.29, 1.82) is 0 Å². The third-order valence-electron chi connectivity index (χ3n) is 5.63. The number of amides is 1. The Balaban J connectivity index is 1.70. The summed E-state index contributed by atoms with van der Waals surface area (Å²) in [5.41, 5.74) is 3.60. The van der Waals surface area contributed by atoms with Crippen molar-refractivity contribution >= 4 is 39.2 Å². The van der Waals surface area contributed by atoms with Gasteiger partial charge in [-0.15, -0.1) is 0 Å². The van der Waals surface area contributed by atoms with Gasteiger partial charge < -0.3 is 10.1 Å². The zero-order chi connectivity index (χ0) is 24.2. The van der Waals surface area contributed by atoms with Gasteiger partial charge in [-0.2, -0.15) is 4.31 Å². The predicted octanol–water partition coefficient (Wildman–Crippen LogP) is 4.63. The Morgan fingerprint density at radius 3 is 2.21 bits per heavy atom. The number of sulfonamides is 1. The van der Waals surface area contributed by atoms with Crippen molar-refractivity contribution in [2.24, 2.45) is 0 Å². The standard InChI is InChI=1S/C24H29ClN2O5S/c1-16-12-17(2)23(18(3)13-16)26-22(28)15-32-24(29)19-8-9-20(25)21(14-19)33(30,31)27-10-6-4-5-7-11-27/h8-9,12-14H,4-7,10-11,15H2,1-3H3,(H,26,28). The summed E-state index contributed by atoms with van der Waals surface area (Å²) >= 11 is 6.18. The summed E-state index contributed by atoms with van der Waals surface area (Å²) in [4.78, 5) is 24.8. The number of anilines is 1. The molecule has 1 N–H and O–H groups in total. The van der Waals surface area contributed by atoms with E-state index in [-0.39, 0.29) is 15.5 Å². The molecule has 0 spiro atoms. The van der Waals surface area contributed by atoms with Gasteiger partial charge in [0, 0.05) is 18.8 Å². The second-order valence-corrected chi connectivity index (χ2v) is 10.7. The molecule has 0 radical (unpaired) electrons. The van der Waals surface area contributed by atoms with Gasteiger partial charge in [-0.3, -0.25) is 4.79 Å². The smallest absolute Gasteiger partial charge is 0.338 e. The number of hydrogen-bond acceptors (Lipinski definition) is 5. The molecule has 2 aromatic rings. The molecule has 1 aliphatic rings. The number of carbonyl (C=O) groups excluding carboxylic acids is 2.